The van der Waals surface area contributed by atoms with Crippen LogP contribution in [-0.2, 0) is 18.3 Å². The number of aromatic nitrogens is 5. The predicted molar refractivity (Wildman–Crippen MR) is 134 cm³/mol. The van der Waals surface area contributed by atoms with Gasteiger partial charge in [0.05, 0.1) is 25.6 Å². The second-order valence-corrected chi connectivity index (χ2v) is 9.49. The molecule has 4 aromatic rings. The Labute approximate surface area is 216 Å². The number of ether oxygens (including phenoxy) is 1. The normalized spacial score (nSPS) is 15.2. The number of carbonyl (C=O) groups excluding carboxylic acids is 1. The Bertz CT molecular complexity index is 1480. The van der Waals surface area contributed by atoms with Gasteiger partial charge >= 0.3 is 0 Å². The highest BCUT2D eigenvalue weighted by molar-refractivity contribution is 6.31. The minimum absolute atomic E-state index is 0.264. The van der Waals surface area contributed by atoms with Gasteiger partial charge in [0.2, 0.25) is 5.75 Å². The Balaban J connectivity index is 1.56. The van der Waals surface area contributed by atoms with Crippen LogP contribution in [0.15, 0.2) is 58.4 Å². The molecule has 1 saturated heterocycles. The van der Waals surface area contributed by atoms with Gasteiger partial charge in [-0.15, -0.1) is 0 Å². The molecule has 192 valence electrons. The molecule has 11 nitrogen and oxygen atoms in total. The second kappa shape index (κ2) is 10.2. The maximum Gasteiger partial charge on any atom is 0.296 e. The molecule has 0 saturated carbocycles. The zero-order valence-electron chi connectivity index (χ0n) is 20.2. The lowest BCUT2D eigenvalue weighted by Gasteiger charge is -2.26. The fourth-order valence-electron chi connectivity index (χ4n) is 4.54. The molecule has 1 aliphatic rings. The monoisotopic (exact) mass is 524 g/mol. The smallest absolute Gasteiger partial charge is 0.296 e. The van der Waals surface area contributed by atoms with Gasteiger partial charge < -0.3 is 19.7 Å². The molecule has 12 heteroatoms. The molecular weight excluding hydrogens is 500 g/mol. The van der Waals surface area contributed by atoms with Gasteiger partial charge in [-0.2, -0.15) is 5.10 Å². The minimum atomic E-state index is -0.767. The number of amides is 1. The summed E-state index contributed by atoms with van der Waals surface area (Å²) in [5, 5.41) is 21.6. The zero-order chi connectivity index (χ0) is 26.1. The van der Waals surface area contributed by atoms with Gasteiger partial charge in [-0.05, 0) is 17.2 Å². The van der Waals surface area contributed by atoms with E-state index in [1.807, 2.05) is 36.0 Å². The largest absolute Gasteiger partial charge is 0.501 e. The summed E-state index contributed by atoms with van der Waals surface area (Å²) in [6, 6.07) is 7.44. The summed E-state index contributed by atoms with van der Waals surface area (Å²) in [4.78, 5) is 30.3. The number of nitrogens with zero attached hydrogens (tertiary/aromatic N) is 5. The molecule has 0 bridgehead atoms. The Hall–Kier alpha value is -3.96. The van der Waals surface area contributed by atoms with E-state index in [2.05, 4.69) is 20.6 Å². The van der Waals surface area contributed by atoms with Crippen molar-refractivity contribution in [1.29, 1.82) is 0 Å². The molecule has 3 aromatic heterocycles. The highest BCUT2D eigenvalue weighted by Crippen LogP contribution is 2.40. The van der Waals surface area contributed by atoms with Crippen molar-refractivity contribution in [1.82, 2.24) is 24.5 Å². The van der Waals surface area contributed by atoms with Crippen molar-refractivity contribution in [3.63, 3.8) is 0 Å². The third kappa shape index (κ3) is 4.87. The molecule has 1 aliphatic heterocycles. The standard InChI is InChI=1S/C25H25ClN6O5/c1-14(23-30-21(22(33)25(35)31(23)2)24(34)29-17-8-28-37-13-17)20(18-5-3-4-6-19(18)26)16-7-27-32(10-16)9-15-11-36-12-15/h3-8,10,13-15,20,33H,9,11-12H2,1-2H3,(H,29,34)/t14-,20-/m0/s1. The first-order chi connectivity index (χ1) is 17.8. The van der Waals surface area contributed by atoms with Crippen LogP contribution in [0.3, 0.4) is 0 Å². The van der Waals surface area contributed by atoms with E-state index in [1.54, 1.807) is 12.3 Å². The maximum atomic E-state index is 13.0. The van der Waals surface area contributed by atoms with E-state index in [-0.39, 0.29) is 11.6 Å². The van der Waals surface area contributed by atoms with Crippen molar-refractivity contribution in [3.8, 4) is 5.75 Å². The summed E-state index contributed by atoms with van der Waals surface area (Å²) in [6.45, 7) is 4.04. The van der Waals surface area contributed by atoms with Gasteiger partial charge in [0, 0.05) is 42.6 Å². The van der Waals surface area contributed by atoms with Gasteiger partial charge in [-0.1, -0.05) is 41.9 Å². The Morgan fingerprint density at radius 3 is 2.76 bits per heavy atom. The van der Waals surface area contributed by atoms with Crippen LogP contribution in [-0.4, -0.2) is 48.7 Å². The summed E-state index contributed by atoms with van der Waals surface area (Å²) in [6.07, 6.45) is 6.25. The van der Waals surface area contributed by atoms with Gasteiger partial charge in [0.25, 0.3) is 11.5 Å². The molecular formula is C25H25ClN6O5. The number of hydrogen-bond donors (Lipinski definition) is 2. The quantitative estimate of drug-likeness (QED) is 0.358. The van der Waals surface area contributed by atoms with E-state index in [0.29, 0.717) is 30.0 Å². The Morgan fingerprint density at radius 2 is 2.08 bits per heavy atom. The van der Waals surface area contributed by atoms with Crippen LogP contribution < -0.4 is 10.9 Å². The molecule has 1 aromatic carbocycles. The average Bonchev–Trinajstić information content (AvgIpc) is 3.54. The molecule has 37 heavy (non-hydrogen) atoms. The van der Waals surface area contributed by atoms with Gasteiger partial charge in [0.15, 0.2) is 5.69 Å². The highest BCUT2D eigenvalue weighted by atomic mass is 35.5. The van der Waals surface area contributed by atoms with Crippen LogP contribution in [0.2, 0.25) is 5.02 Å². The van der Waals surface area contributed by atoms with Crippen LogP contribution >= 0.6 is 11.6 Å². The lowest BCUT2D eigenvalue weighted by molar-refractivity contribution is -0.0408. The van der Waals surface area contributed by atoms with Crippen LogP contribution in [0, 0.1) is 5.92 Å². The number of benzene rings is 1. The Morgan fingerprint density at radius 1 is 1.30 bits per heavy atom. The third-order valence-corrected chi connectivity index (χ3v) is 6.86. The number of aromatic hydroxyl groups is 1. The molecule has 5 rings (SSSR count). The number of hydrogen-bond acceptors (Lipinski definition) is 8. The first-order valence-electron chi connectivity index (χ1n) is 11.7. The van der Waals surface area contributed by atoms with E-state index in [0.717, 1.165) is 17.7 Å². The average molecular weight is 525 g/mol. The molecule has 0 unspecified atom stereocenters. The molecule has 4 heterocycles. The van der Waals surface area contributed by atoms with Crippen molar-refractivity contribution >= 4 is 23.2 Å². The molecule has 2 N–H and O–H groups in total. The van der Waals surface area contributed by atoms with E-state index in [9.17, 15) is 14.7 Å². The van der Waals surface area contributed by atoms with Crippen molar-refractivity contribution < 1.29 is 19.2 Å². The molecule has 0 aliphatic carbocycles. The zero-order valence-corrected chi connectivity index (χ0v) is 20.9. The number of carbonyl (C=O) groups is 1. The minimum Gasteiger partial charge on any atom is -0.501 e. The van der Waals surface area contributed by atoms with Crippen LogP contribution in [0.25, 0.3) is 0 Å². The molecule has 2 atom stereocenters. The van der Waals surface area contributed by atoms with Gasteiger partial charge in [0.1, 0.15) is 17.8 Å². The van der Waals surface area contributed by atoms with Crippen LogP contribution in [0.5, 0.6) is 5.75 Å². The van der Waals surface area contributed by atoms with E-state index >= 15 is 0 Å². The first kappa shape index (κ1) is 24.7. The summed E-state index contributed by atoms with van der Waals surface area (Å²) in [5.41, 5.74) is 0.815. The fraction of sp³-hybridized carbons (Fsp3) is 0.320. The second-order valence-electron chi connectivity index (χ2n) is 9.09. The molecule has 1 fully saturated rings. The van der Waals surface area contributed by atoms with Crippen molar-refractivity contribution in [3.05, 3.63) is 87.1 Å². The lowest BCUT2D eigenvalue weighted by atomic mass is 9.82. The van der Waals surface area contributed by atoms with Crippen molar-refractivity contribution in [2.45, 2.75) is 25.3 Å². The summed E-state index contributed by atoms with van der Waals surface area (Å²) in [7, 11) is 1.51. The van der Waals surface area contributed by atoms with E-state index in [4.69, 9.17) is 20.9 Å². The van der Waals surface area contributed by atoms with E-state index < -0.39 is 28.8 Å². The van der Waals surface area contributed by atoms with Gasteiger partial charge in [-0.3, -0.25) is 18.8 Å². The van der Waals surface area contributed by atoms with E-state index in [1.165, 1.54) is 24.1 Å². The number of rotatable bonds is 8. The molecule has 1 amide bonds. The topological polar surface area (TPSA) is 137 Å². The summed E-state index contributed by atoms with van der Waals surface area (Å²) < 4.78 is 13.1. The number of nitrogens with one attached hydrogen (secondary N) is 1. The number of anilines is 1. The van der Waals surface area contributed by atoms with Crippen molar-refractivity contribution in [2.75, 3.05) is 18.5 Å². The lowest BCUT2D eigenvalue weighted by Crippen LogP contribution is -2.31. The highest BCUT2D eigenvalue weighted by Gasteiger charge is 2.31. The summed E-state index contributed by atoms with van der Waals surface area (Å²) >= 11 is 6.63. The molecule has 0 spiro atoms. The van der Waals surface area contributed by atoms with Crippen LogP contribution in [0.1, 0.15) is 46.2 Å². The van der Waals surface area contributed by atoms with Crippen LogP contribution in [0.4, 0.5) is 5.69 Å². The Kier molecular flexibility index (Phi) is 6.81. The molecule has 0 radical (unpaired) electrons. The fourth-order valence-corrected chi connectivity index (χ4v) is 4.79. The van der Waals surface area contributed by atoms with Gasteiger partial charge in [-0.25, -0.2) is 4.98 Å². The third-order valence-electron chi connectivity index (χ3n) is 6.52. The maximum absolute atomic E-state index is 13.0. The SMILES string of the molecule is C[C@H](c1nc(C(=O)Nc2cnoc2)c(O)c(=O)n1C)[C@@H](c1cnn(CC2COC2)c1)c1ccccc1Cl. The number of halogens is 1. The summed E-state index contributed by atoms with van der Waals surface area (Å²) in [5.74, 6) is -1.60. The van der Waals surface area contributed by atoms with Crippen molar-refractivity contribution in [2.24, 2.45) is 13.0 Å². The predicted octanol–water partition coefficient (Wildman–Crippen LogP) is 3.16. The first-order valence-corrected chi connectivity index (χ1v) is 12.1.